The van der Waals surface area contributed by atoms with E-state index in [1.807, 2.05) is 24.3 Å². The first-order valence-corrected chi connectivity index (χ1v) is 7.63. The molecule has 0 saturated carbocycles. The van der Waals surface area contributed by atoms with Gasteiger partial charge in [-0.15, -0.1) is 11.3 Å². The third-order valence-corrected chi connectivity index (χ3v) is 4.52. The Labute approximate surface area is 126 Å². The number of hydrogen-bond donors (Lipinski definition) is 0. The monoisotopic (exact) mass is 307 g/mol. The van der Waals surface area contributed by atoms with Gasteiger partial charge in [-0.2, -0.15) is 0 Å². The first-order valence-electron chi connectivity index (χ1n) is 6.44. The molecule has 0 saturated heterocycles. The third kappa shape index (κ3) is 3.03. The molecule has 0 amide bonds. The largest absolute Gasteiger partial charge is 0.492 e. The van der Waals surface area contributed by atoms with Crippen LogP contribution in [0.5, 0.6) is 5.75 Å². The summed E-state index contributed by atoms with van der Waals surface area (Å²) in [6.45, 7) is 2.49. The van der Waals surface area contributed by atoms with Crippen LogP contribution in [0.25, 0.3) is 0 Å². The van der Waals surface area contributed by atoms with Crippen molar-refractivity contribution in [1.29, 1.82) is 0 Å². The second-order valence-electron chi connectivity index (χ2n) is 4.69. The average molecular weight is 308 g/mol. The SMILES string of the molecule is O=C(CN1CCOc2ccccc2C1)c1ccc(Cl)s1. The molecule has 0 aliphatic carbocycles. The summed E-state index contributed by atoms with van der Waals surface area (Å²) < 4.78 is 6.35. The van der Waals surface area contributed by atoms with E-state index in [1.54, 1.807) is 12.1 Å². The number of Topliss-reactive ketones (excluding diaryl/α,β-unsaturated/α-hetero) is 1. The Morgan fingerprint density at radius 3 is 2.95 bits per heavy atom. The summed E-state index contributed by atoms with van der Waals surface area (Å²) in [5.41, 5.74) is 1.13. The van der Waals surface area contributed by atoms with Gasteiger partial charge in [-0.25, -0.2) is 0 Å². The van der Waals surface area contributed by atoms with E-state index in [9.17, 15) is 4.79 Å². The molecule has 1 aliphatic rings. The van der Waals surface area contributed by atoms with Gasteiger partial charge in [0.05, 0.1) is 15.8 Å². The lowest BCUT2D eigenvalue weighted by Gasteiger charge is -2.17. The molecule has 20 heavy (non-hydrogen) atoms. The van der Waals surface area contributed by atoms with Gasteiger partial charge in [0.1, 0.15) is 12.4 Å². The molecule has 0 bridgehead atoms. The summed E-state index contributed by atoms with van der Waals surface area (Å²) in [4.78, 5) is 15.0. The van der Waals surface area contributed by atoms with E-state index in [-0.39, 0.29) is 5.78 Å². The number of carbonyl (C=O) groups is 1. The molecule has 3 nitrogen and oxygen atoms in total. The van der Waals surface area contributed by atoms with E-state index >= 15 is 0 Å². The summed E-state index contributed by atoms with van der Waals surface area (Å²) >= 11 is 7.21. The summed E-state index contributed by atoms with van der Waals surface area (Å²) in [7, 11) is 0. The zero-order valence-electron chi connectivity index (χ0n) is 10.8. The van der Waals surface area contributed by atoms with E-state index in [0.29, 0.717) is 22.4 Å². The molecule has 3 rings (SSSR count). The Hall–Kier alpha value is -1.36. The summed E-state index contributed by atoms with van der Waals surface area (Å²) in [6, 6.07) is 11.5. The number of fused-ring (bicyclic) bond motifs is 1. The molecular formula is C15H14ClNO2S. The number of hydrogen-bond acceptors (Lipinski definition) is 4. The van der Waals surface area contributed by atoms with Crippen molar-refractivity contribution in [3.05, 3.63) is 51.2 Å². The molecule has 0 atom stereocenters. The second-order valence-corrected chi connectivity index (χ2v) is 6.41. The van der Waals surface area contributed by atoms with Gasteiger partial charge >= 0.3 is 0 Å². The van der Waals surface area contributed by atoms with Crippen molar-refractivity contribution in [2.75, 3.05) is 19.7 Å². The molecule has 2 heterocycles. The Morgan fingerprint density at radius 1 is 1.30 bits per heavy atom. The van der Waals surface area contributed by atoms with Crippen LogP contribution >= 0.6 is 22.9 Å². The first-order chi connectivity index (χ1) is 9.72. The maximum absolute atomic E-state index is 12.2. The van der Waals surface area contributed by atoms with Crippen LogP contribution in [0.15, 0.2) is 36.4 Å². The highest BCUT2D eigenvalue weighted by atomic mass is 35.5. The zero-order chi connectivity index (χ0) is 13.9. The van der Waals surface area contributed by atoms with Crippen LogP contribution in [-0.2, 0) is 6.54 Å². The lowest BCUT2D eigenvalue weighted by molar-refractivity contribution is 0.0925. The molecule has 0 radical (unpaired) electrons. The van der Waals surface area contributed by atoms with Gasteiger partial charge in [0.2, 0.25) is 0 Å². The number of nitrogens with zero attached hydrogens (tertiary/aromatic N) is 1. The highest BCUT2D eigenvalue weighted by molar-refractivity contribution is 7.18. The number of rotatable bonds is 3. The van der Waals surface area contributed by atoms with E-state index < -0.39 is 0 Å². The smallest absolute Gasteiger partial charge is 0.186 e. The third-order valence-electron chi connectivity index (χ3n) is 3.25. The van der Waals surface area contributed by atoms with Crippen molar-refractivity contribution < 1.29 is 9.53 Å². The highest BCUT2D eigenvalue weighted by Crippen LogP contribution is 2.24. The van der Waals surface area contributed by atoms with Gasteiger partial charge in [0.15, 0.2) is 5.78 Å². The van der Waals surface area contributed by atoms with Crippen molar-refractivity contribution in [2.45, 2.75) is 6.54 Å². The van der Waals surface area contributed by atoms with E-state index in [4.69, 9.17) is 16.3 Å². The maximum Gasteiger partial charge on any atom is 0.186 e. The van der Waals surface area contributed by atoms with Crippen LogP contribution in [-0.4, -0.2) is 30.4 Å². The number of thiophene rings is 1. The highest BCUT2D eigenvalue weighted by Gasteiger charge is 2.18. The Kier molecular flexibility index (Phi) is 4.05. The van der Waals surface area contributed by atoms with Crippen molar-refractivity contribution in [1.82, 2.24) is 4.90 Å². The van der Waals surface area contributed by atoms with Gasteiger partial charge < -0.3 is 4.74 Å². The van der Waals surface area contributed by atoms with Crippen molar-refractivity contribution in [2.24, 2.45) is 0 Å². The summed E-state index contributed by atoms with van der Waals surface area (Å²) in [6.07, 6.45) is 0. The summed E-state index contributed by atoms with van der Waals surface area (Å²) in [5.74, 6) is 1.03. The zero-order valence-corrected chi connectivity index (χ0v) is 12.4. The molecule has 0 N–H and O–H groups in total. The fourth-order valence-electron chi connectivity index (χ4n) is 2.26. The lowest BCUT2D eigenvalue weighted by Crippen LogP contribution is -2.31. The minimum atomic E-state index is 0.112. The fourth-order valence-corrected chi connectivity index (χ4v) is 3.23. The Morgan fingerprint density at radius 2 is 2.15 bits per heavy atom. The molecule has 0 spiro atoms. The van der Waals surface area contributed by atoms with Gasteiger partial charge in [0.25, 0.3) is 0 Å². The molecule has 0 unspecified atom stereocenters. The molecule has 104 valence electrons. The molecule has 2 aromatic rings. The molecule has 1 aliphatic heterocycles. The molecule has 1 aromatic heterocycles. The summed E-state index contributed by atoms with van der Waals surface area (Å²) in [5, 5.41) is 0. The van der Waals surface area contributed by atoms with Gasteiger partial charge in [-0.05, 0) is 18.2 Å². The van der Waals surface area contributed by atoms with Crippen LogP contribution in [0.2, 0.25) is 4.34 Å². The average Bonchev–Trinajstić information content (AvgIpc) is 2.77. The number of benzene rings is 1. The molecular weight excluding hydrogens is 294 g/mol. The standard InChI is InChI=1S/C15H14ClNO2S/c16-15-6-5-14(20-15)12(18)10-17-7-8-19-13-4-2-1-3-11(13)9-17/h1-6H,7-10H2. The molecule has 1 aromatic carbocycles. The van der Waals surface area contributed by atoms with Crippen LogP contribution in [0.3, 0.4) is 0 Å². The number of carbonyl (C=O) groups excluding carboxylic acids is 1. The van der Waals surface area contributed by atoms with Crippen LogP contribution in [0.4, 0.5) is 0 Å². The molecule has 0 fully saturated rings. The quantitative estimate of drug-likeness (QED) is 0.813. The Balaban J connectivity index is 1.71. The normalized spacial score (nSPS) is 15.2. The molecule has 5 heteroatoms. The van der Waals surface area contributed by atoms with Gasteiger partial charge in [0, 0.05) is 18.7 Å². The van der Waals surface area contributed by atoms with Crippen molar-refractivity contribution >= 4 is 28.7 Å². The van der Waals surface area contributed by atoms with E-state index in [0.717, 1.165) is 24.4 Å². The van der Waals surface area contributed by atoms with Gasteiger partial charge in [-0.3, -0.25) is 9.69 Å². The minimum Gasteiger partial charge on any atom is -0.492 e. The first kappa shape index (κ1) is 13.6. The maximum atomic E-state index is 12.2. The minimum absolute atomic E-state index is 0.112. The number of ether oxygens (including phenoxy) is 1. The van der Waals surface area contributed by atoms with Crippen molar-refractivity contribution in [3.8, 4) is 5.75 Å². The number of ketones is 1. The number of para-hydroxylation sites is 1. The van der Waals surface area contributed by atoms with E-state index in [2.05, 4.69) is 4.90 Å². The van der Waals surface area contributed by atoms with E-state index in [1.165, 1.54) is 11.3 Å². The fraction of sp³-hybridized carbons (Fsp3) is 0.267. The predicted molar refractivity (Wildman–Crippen MR) is 80.9 cm³/mol. The van der Waals surface area contributed by atoms with Crippen LogP contribution in [0, 0.1) is 0 Å². The number of halogens is 1. The van der Waals surface area contributed by atoms with Crippen LogP contribution in [0.1, 0.15) is 15.2 Å². The van der Waals surface area contributed by atoms with Crippen molar-refractivity contribution in [3.63, 3.8) is 0 Å². The lowest BCUT2D eigenvalue weighted by atomic mass is 10.2. The second kappa shape index (κ2) is 5.95. The Bertz CT molecular complexity index is 626. The van der Waals surface area contributed by atoms with Crippen LogP contribution < -0.4 is 4.74 Å². The topological polar surface area (TPSA) is 29.5 Å². The van der Waals surface area contributed by atoms with Gasteiger partial charge in [-0.1, -0.05) is 29.8 Å². The predicted octanol–water partition coefficient (Wildman–Crippen LogP) is 3.48.